The number of morpholine rings is 1. The first-order chi connectivity index (χ1) is 12.7. The standard InChI is InChI=1S/C19H24N4O3/c1-2-16(25)23-7-6-15-17(13-4-3-5-14(24)12-13)20-19(21-18(15)23)22-8-10-26-11-9-22/h3,5,12-13,24H,2,4,6-11H2,1H3/p+1. The van der Waals surface area contributed by atoms with Gasteiger partial charge in [-0.25, -0.2) is 4.98 Å². The van der Waals surface area contributed by atoms with E-state index in [2.05, 4.69) is 4.90 Å². The number of carbonyl (C=O) groups is 1. The lowest BCUT2D eigenvalue weighted by molar-refractivity contribution is -0.118. The number of ether oxygens (including phenoxy) is 1. The van der Waals surface area contributed by atoms with E-state index in [0.717, 1.165) is 43.0 Å². The van der Waals surface area contributed by atoms with Gasteiger partial charge >= 0.3 is 0 Å². The van der Waals surface area contributed by atoms with Crippen molar-refractivity contribution in [2.45, 2.75) is 32.1 Å². The van der Waals surface area contributed by atoms with E-state index in [1.807, 2.05) is 25.2 Å². The second kappa shape index (κ2) is 7.07. The molecule has 2 aliphatic heterocycles. The SMILES string of the molecule is CCC(=O)N1CCc2c(C3C=C([OH2+])C=CC3)nc(N3CCOCC3)nc21. The van der Waals surface area contributed by atoms with E-state index in [1.54, 1.807) is 4.90 Å². The Kier molecular flexibility index (Phi) is 4.63. The average Bonchev–Trinajstić information content (AvgIpc) is 3.11. The number of anilines is 2. The van der Waals surface area contributed by atoms with Gasteiger partial charge in [0.25, 0.3) is 0 Å². The van der Waals surface area contributed by atoms with Crippen molar-refractivity contribution < 1.29 is 14.6 Å². The Labute approximate surface area is 153 Å². The van der Waals surface area contributed by atoms with Crippen LogP contribution in [-0.4, -0.2) is 53.8 Å². The molecule has 1 unspecified atom stereocenters. The number of hydrogen-bond acceptors (Lipinski definition) is 5. The monoisotopic (exact) mass is 357 g/mol. The Bertz CT molecular complexity index is 768. The lowest BCUT2D eigenvalue weighted by atomic mass is 9.92. The van der Waals surface area contributed by atoms with Gasteiger partial charge in [-0.2, -0.15) is 4.98 Å². The van der Waals surface area contributed by atoms with Crippen LogP contribution < -0.4 is 9.80 Å². The van der Waals surface area contributed by atoms with Crippen molar-refractivity contribution in [3.05, 3.63) is 35.2 Å². The molecule has 0 saturated carbocycles. The second-order valence-electron chi connectivity index (χ2n) is 6.83. The van der Waals surface area contributed by atoms with E-state index < -0.39 is 0 Å². The van der Waals surface area contributed by atoms with Crippen LogP contribution in [0.5, 0.6) is 0 Å². The first kappa shape index (κ1) is 17.0. The third-order valence-corrected chi connectivity index (χ3v) is 5.16. The molecule has 1 aromatic rings. The summed E-state index contributed by atoms with van der Waals surface area (Å²) in [7, 11) is 0. The lowest BCUT2D eigenvalue weighted by Gasteiger charge is -2.29. The van der Waals surface area contributed by atoms with Crippen molar-refractivity contribution in [1.82, 2.24) is 9.97 Å². The van der Waals surface area contributed by atoms with E-state index in [0.29, 0.717) is 37.9 Å². The highest BCUT2D eigenvalue weighted by Gasteiger charge is 2.32. The Morgan fingerprint density at radius 1 is 1.31 bits per heavy atom. The molecule has 1 fully saturated rings. The van der Waals surface area contributed by atoms with Crippen molar-refractivity contribution >= 4 is 17.7 Å². The molecule has 3 heterocycles. The number of hydrogen-bond donors (Lipinski definition) is 0. The van der Waals surface area contributed by atoms with Gasteiger partial charge in [-0.05, 0) is 12.8 Å². The molecule has 3 aliphatic rings. The summed E-state index contributed by atoms with van der Waals surface area (Å²) >= 11 is 0. The minimum atomic E-state index is 0.0701. The third-order valence-electron chi connectivity index (χ3n) is 5.16. The smallest absolute Gasteiger partial charge is 0.250 e. The molecule has 26 heavy (non-hydrogen) atoms. The quantitative estimate of drug-likeness (QED) is 0.761. The molecule has 1 atom stereocenters. The highest BCUT2D eigenvalue weighted by Crippen LogP contribution is 2.37. The van der Waals surface area contributed by atoms with E-state index in [9.17, 15) is 4.79 Å². The van der Waals surface area contributed by atoms with Crippen LogP contribution in [0.3, 0.4) is 0 Å². The summed E-state index contributed by atoms with van der Waals surface area (Å²) in [4.78, 5) is 26.0. The molecule has 7 nitrogen and oxygen atoms in total. The van der Waals surface area contributed by atoms with Crippen LogP contribution in [-0.2, 0) is 16.0 Å². The lowest BCUT2D eigenvalue weighted by Crippen LogP contribution is -2.38. The van der Waals surface area contributed by atoms with E-state index in [-0.39, 0.29) is 11.8 Å². The summed E-state index contributed by atoms with van der Waals surface area (Å²) in [5.74, 6) is 2.12. The van der Waals surface area contributed by atoms with E-state index in [4.69, 9.17) is 19.8 Å². The molecule has 1 amide bonds. The van der Waals surface area contributed by atoms with Crippen LogP contribution in [0.1, 0.15) is 36.9 Å². The summed E-state index contributed by atoms with van der Waals surface area (Å²) in [5, 5.41) is 7.98. The van der Waals surface area contributed by atoms with Crippen molar-refractivity contribution in [2.75, 3.05) is 42.6 Å². The number of fused-ring (bicyclic) bond motifs is 1. The first-order valence-corrected chi connectivity index (χ1v) is 9.31. The van der Waals surface area contributed by atoms with Crippen molar-refractivity contribution in [2.24, 2.45) is 0 Å². The number of nitrogens with zero attached hydrogens (tertiary/aromatic N) is 4. The van der Waals surface area contributed by atoms with Crippen LogP contribution in [0.25, 0.3) is 0 Å². The molecule has 0 radical (unpaired) electrons. The van der Waals surface area contributed by atoms with Crippen LogP contribution in [0.4, 0.5) is 11.8 Å². The maximum absolute atomic E-state index is 12.4. The van der Waals surface area contributed by atoms with Gasteiger partial charge in [0.15, 0.2) is 0 Å². The molecule has 1 saturated heterocycles. The first-order valence-electron chi connectivity index (χ1n) is 9.31. The molecule has 0 aromatic carbocycles. The fourth-order valence-electron chi connectivity index (χ4n) is 3.79. The normalized spacial score (nSPS) is 22.3. The molecular weight excluding hydrogens is 332 g/mol. The van der Waals surface area contributed by atoms with Gasteiger partial charge in [0, 0.05) is 49.7 Å². The highest BCUT2D eigenvalue weighted by molar-refractivity contribution is 5.94. The maximum atomic E-state index is 12.4. The molecule has 4 rings (SSSR count). The molecule has 1 aromatic heterocycles. The number of amides is 1. The summed E-state index contributed by atoms with van der Waals surface area (Å²) in [6.45, 7) is 5.38. The topological polar surface area (TPSA) is 81.5 Å². The molecule has 1 aliphatic carbocycles. The van der Waals surface area contributed by atoms with Crippen LogP contribution in [0.2, 0.25) is 0 Å². The van der Waals surface area contributed by atoms with Gasteiger partial charge in [0.2, 0.25) is 17.6 Å². The minimum absolute atomic E-state index is 0.0701. The van der Waals surface area contributed by atoms with Gasteiger partial charge in [-0.1, -0.05) is 13.0 Å². The van der Waals surface area contributed by atoms with E-state index >= 15 is 0 Å². The van der Waals surface area contributed by atoms with Gasteiger partial charge < -0.3 is 14.7 Å². The Morgan fingerprint density at radius 3 is 2.85 bits per heavy atom. The summed E-state index contributed by atoms with van der Waals surface area (Å²) < 4.78 is 5.45. The zero-order valence-electron chi connectivity index (χ0n) is 15.1. The van der Waals surface area contributed by atoms with E-state index in [1.165, 1.54) is 0 Å². The molecule has 2 N–H and O–H groups in total. The Morgan fingerprint density at radius 2 is 2.12 bits per heavy atom. The van der Waals surface area contributed by atoms with Crippen molar-refractivity contribution in [3.63, 3.8) is 0 Å². The Balaban J connectivity index is 1.78. The molecule has 0 spiro atoms. The maximum Gasteiger partial charge on any atom is 0.250 e. The van der Waals surface area contributed by atoms with Crippen LogP contribution >= 0.6 is 0 Å². The number of carbonyl (C=O) groups excluding carboxylic acids is 1. The zero-order chi connectivity index (χ0) is 18.1. The van der Waals surface area contributed by atoms with Gasteiger partial charge in [0.1, 0.15) is 5.82 Å². The minimum Gasteiger partial charge on any atom is -0.594 e. The van der Waals surface area contributed by atoms with Crippen molar-refractivity contribution in [1.29, 1.82) is 0 Å². The molecule has 138 valence electrons. The highest BCUT2D eigenvalue weighted by atomic mass is 16.5. The summed E-state index contributed by atoms with van der Waals surface area (Å²) in [5.41, 5.74) is 2.03. The number of aromatic nitrogens is 2. The fourth-order valence-corrected chi connectivity index (χ4v) is 3.79. The average molecular weight is 357 g/mol. The predicted octanol–water partition coefficient (Wildman–Crippen LogP) is 1.26. The number of allylic oxidation sites excluding steroid dienone is 3. The number of rotatable bonds is 3. The second-order valence-corrected chi connectivity index (χ2v) is 6.83. The van der Waals surface area contributed by atoms with Gasteiger partial charge in [0.05, 0.1) is 18.9 Å². The van der Waals surface area contributed by atoms with Gasteiger partial charge in [-0.15, -0.1) is 0 Å². The fraction of sp³-hybridized carbons (Fsp3) is 0.526. The van der Waals surface area contributed by atoms with Crippen LogP contribution in [0, 0.1) is 0 Å². The van der Waals surface area contributed by atoms with Gasteiger partial charge in [-0.3, -0.25) is 9.69 Å². The summed E-state index contributed by atoms with van der Waals surface area (Å²) in [6.07, 6.45) is 7.88. The molecule has 0 bridgehead atoms. The Hall–Kier alpha value is -2.41. The van der Waals surface area contributed by atoms with Crippen molar-refractivity contribution in [3.8, 4) is 0 Å². The zero-order valence-corrected chi connectivity index (χ0v) is 15.1. The van der Waals surface area contributed by atoms with Crippen LogP contribution in [0.15, 0.2) is 24.0 Å². The largest absolute Gasteiger partial charge is 0.594 e. The third kappa shape index (κ3) is 3.07. The molecular formula is C19H25N4O3+. The predicted molar refractivity (Wildman–Crippen MR) is 99.6 cm³/mol. The molecule has 7 heteroatoms. The summed E-state index contributed by atoms with van der Waals surface area (Å²) in [6, 6.07) is 0.